The molecule has 1 saturated heterocycles. The van der Waals surface area contributed by atoms with Crippen molar-refractivity contribution < 1.29 is 0 Å². The molecule has 0 amide bonds. The Labute approximate surface area is 119 Å². The Balaban J connectivity index is 1.95. The highest BCUT2D eigenvalue weighted by atomic mass is 15.2. The monoisotopic (exact) mass is 267 g/mol. The molecule has 112 valence electrons. The highest BCUT2D eigenvalue weighted by Crippen LogP contribution is 2.38. The predicted octanol–water partition coefficient (Wildman–Crippen LogP) is 2.18. The molecule has 1 aliphatic carbocycles. The third kappa shape index (κ3) is 3.71. The SMILES string of the molecule is CNC1CCC(C)(C)CC1N1CCC(N(C)C)CC1. The molecular weight excluding hydrogens is 234 g/mol. The minimum absolute atomic E-state index is 0.524. The molecule has 2 atom stereocenters. The van der Waals surface area contributed by atoms with Gasteiger partial charge in [-0.15, -0.1) is 0 Å². The molecule has 2 aliphatic rings. The second-order valence-electron chi connectivity index (χ2n) is 7.60. The number of nitrogens with zero attached hydrogens (tertiary/aromatic N) is 2. The average Bonchev–Trinajstić information content (AvgIpc) is 2.38. The van der Waals surface area contributed by atoms with E-state index in [0.29, 0.717) is 11.5 Å². The van der Waals surface area contributed by atoms with Crippen molar-refractivity contribution in [2.75, 3.05) is 34.2 Å². The van der Waals surface area contributed by atoms with E-state index in [0.717, 1.165) is 12.1 Å². The van der Waals surface area contributed by atoms with Crippen LogP contribution < -0.4 is 5.32 Å². The first-order chi connectivity index (χ1) is 8.93. The van der Waals surface area contributed by atoms with Crippen molar-refractivity contribution >= 4 is 0 Å². The van der Waals surface area contributed by atoms with Gasteiger partial charge in [0.05, 0.1) is 0 Å². The summed E-state index contributed by atoms with van der Waals surface area (Å²) in [5, 5.41) is 3.57. The molecule has 0 bridgehead atoms. The van der Waals surface area contributed by atoms with Gasteiger partial charge in [0.25, 0.3) is 0 Å². The Morgan fingerprint density at radius 3 is 2.26 bits per heavy atom. The Kier molecular flexibility index (Phi) is 4.91. The number of likely N-dealkylation sites (N-methyl/N-ethyl adjacent to an activating group) is 1. The first kappa shape index (κ1) is 15.3. The molecule has 3 heteroatoms. The molecule has 0 spiro atoms. The average molecular weight is 267 g/mol. The van der Waals surface area contributed by atoms with Gasteiger partial charge < -0.3 is 10.2 Å². The number of hydrogen-bond acceptors (Lipinski definition) is 3. The lowest BCUT2D eigenvalue weighted by atomic mass is 9.72. The predicted molar refractivity (Wildman–Crippen MR) is 82.5 cm³/mol. The minimum Gasteiger partial charge on any atom is -0.315 e. The number of nitrogens with one attached hydrogen (secondary N) is 1. The van der Waals surface area contributed by atoms with Gasteiger partial charge in [0.1, 0.15) is 0 Å². The zero-order valence-corrected chi connectivity index (χ0v) is 13.6. The second kappa shape index (κ2) is 6.11. The number of hydrogen-bond donors (Lipinski definition) is 1. The van der Waals surface area contributed by atoms with E-state index in [2.05, 4.69) is 50.1 Å². The molecule has 0 radical (unpaired) electrons. The summed E-state index contributed by atoms with van der Waals surface area (Å²) in [5.41, 5.74) is 0.524. The van der Waals surface area contributed by atoms with Gasteiger partial charge in [-0.1, -0.05) is 13.8 Å². The van der Waals surface area contributed by atoms with Crippen molar-refractivity contribution in [2.24, 2.45) is 5.41 Å². The third-order valence-electron chi connectivity index (χ3n) is 5.43. The van der Waals surface area contributed by atoms with Crippen LogP contribution in [0.3, 0.4) is 0 Å². The van der Waals surface area contributed by atoms with Gasteiger partial charge in [0.2, 0.25) is 0 Å². The van der Waals surface area contributed by atoms with E-state index in [9.17, 15) is 0 Å². The highest BCUT2D eigenvalue weighted by molar-refractivity contribution is 4.95. The maximum absolute atomic E-state index is 3.57. The fourth-order valence-electron chi connectivity index (χ4n) is 4.00. The van der Waals surface area contributed by atoms with Crippen LogP contribution in [0.2, 0.25) is 0 Å². The van der Waals surface area contributed by atoms with E-state index in [1.165, 1.54) is 45.2 Å². The molecule has 1 heterocycles. The van der Waals surface area contributed by atoms with E-state index >= 15 is 0 Å². The van der Waals surface area contributed by atoms with Gasteiger partial charge in [0, 0.05) is 18.1 Å². The summed E-state index contributed by atoms with van der Waals surface area (Å²) in [5.74, 6) is 0. The standard InChI is InChI=1S/C16H33N3/c1-16(2)9-6-14(17-3)15(12-16)19-10-7-13(8-11-19)18(4)5/h13-15,17H,6-12H2,1-5H3. The number of piperidine rings is 1. The number of rotatable bonds is 3. The van der Waals surface area contributed by atoms with E-state index in [4.69, 9.17) is 0 Å². The molecule has 0 aromatic carbocycles. The zero-order chi connectivity index (χ0) is 14.0. The highest BCUT2D eigenvalue weighted by Gasteiger charge is 2.38. The molecular formula is C16H33N3. The van der Waals surface area contributed by atoms with Crippen molar-refractivity contribution in [2.45, 2.75) is 64.1 Å². The fraction of sp³-hybridized carbons (Fsp3) is 1.00. The molecule has 19 heavy (non-hydrogen) atoms. The Bertz CT molecular complexity index is 280. The van der Waals surface area contributed by atoms with Crippen LogP contribution in [0.15, 0.2) is 0 Å². The lowest BCUT2D eigenvalue weighted by Crippen LogP contribution is -2.56. The lowest BCUT2D eigenvalue weighted by molar-refractivity contribution is 0.0371. The topological polar surface area (TPSA) is 18.5 Å². The normalized spacial score (nSPS) is 33.8. The number of likely N-dealkylation sites (tertiary alicyclic amines) is 1. The van der Waals surface area contributed by atoms with E-state index in [1.54, 1.807) is 0 Å². The molecule has 2 rings (SSSR count). The largest absolute Gasteiger partial charge is 0.315 e. The molecule has 2 fully saturated rings. The Morgan fingerprint density at radius 1 is 1.11 bits per heavy atom. The third-order valence-corrected chi connectivity index (χ3v) is 5.43. The smallest absolute Gasteiger partial charge is 0.0254 e. The van der Waals surface area contributed by atoms with E-state index in [1.807, 2.05) is 0 Å². The van der Waals surface area contributed by atoms with Crippen molar-refractivity contribution in [3.8, 4) is 0 Å². The van der Waals surface area contributed by atoms with Crippen LogP contribution in [-0.4, -0.2) is 62.2 Å². The summed E-state index contributed by atoms with van der Waals surface area (Å²) in [6.45, 7) is 7.44. The molecule has 0 aromatic rings. The summed E-state index contributed by atoms with van der Waals surface area (Å²) in [6, 6.07) is 2.24. The summed E-state index contributed by atoms with van der Waals surface area (Å²) >= 11 is 0. The molecule has 3 nitrogen and oxygen atoms in total. The van der Waals surface area contributed by atoms with Crippen LogP contribution in [-0.2, 0) is 0 Å². The summed E-state index contributed by atoms with van der Waals surface area (Å²) in [4.78, 5) is 5.17. The van der Waals surface area contributed by atoms with Crippen molar-refractivity contribution in [3.63, 3.8) is 0 Å². The van der Waals surface area contributed by atoms with E-state index in [-0.39, 0.29) is 0 Å². The van der Waals surface area contributed by atoms with Gasteiger partial charge in [0.15, 0.2) is 0 Å². The van der Waals surface area contributed by atoms with Crippen LogP contribution in [0.1, 0.15) is 46.0 Å². The van der Waals surface area contributed by atoms with E-state index < -0.39 is 0 Å². The minimum atomic E-state index is 0.524. The maximum atomic E-state index is 3.57. The lowest BCUT2D eigenvalue weighted by Gasteiger charge is -2.48. The van der Waals surface area contributed by atoms with Gasteiger partial charge in [-0.2, -0.15) is 0 Å². The summed E-state index contributed by atoms with van der Waals surface area (Å²) < 4.78 is 0. The fourth-order valence-corrected chi connectivity index (χ4v) is 4.00. The maximum Gasteiger partial charge on any atom is 0.0254 e. The first-order valence-corrected chi connectivity index (χ1v) is 8.01. The van der Waals surface area contributed by atoms with Crippen LogP contribution >= 0.6 is 0 Å². The quantitative estimate of drug-likeness (QED) is 0.845. The Morgan fingerprint density at radius 2 is 1.74 bits per heavy atom. The molecule has 1 saturated carbocycles. The van der Waals surface area contributed by atoms with Crippen LogP contribution in [0.5, 0.6) is 0 Å². The molecule has 0 aromatic heterocycles. The van der Waals surface area contributed by atoms with Crippen molar-refractivity contribution in [1.29, 1.82) is 0 Å². The van der Waals surface area contributed by atoms with Gasteiger partial charge >= 0.3 is 0 Å². The van der Waals surface area contributed by atoms with Crippen molar-refractivity contribution in [3.05, 3.63) is 0 Å². The van der Waals surface area contributed by atoms with Crippen LogP contribution in [0, 0.1) is 5.41 Å². The summed E-state index contributed by atoms with van der Waals surface area (Å²) in [7, 11) is 6.59. The zero-order valence-electron chi connectivity index (χ0n) is 13.6. The van der Waals surface area contributed by atoms with Gasteiger partial charge in [-0.3, -0.25) is 4.90 Å². The van der Waals surface area contributed by atoms with Gasteiger partial charge in [-0.05, 0) is 71.8 Å². The summed E-state index contributed by atoms with van der Waals surface area (Å²) in [6.07, 6.45) is 6.72. The second-order valence-corrected chi connectivity index (χ2v) is 7.60. The Hall–Kier alpha value is -0.120. The first-order valence-electron chi connectivity index (χ1n) is 8.01. The van der Waals surface area contributed by atoms with Crippen molar-refractivity contribution in [1.82, 2.24) is 15.1 Å². The van der Waals surface area contributed by atoms with Gasteiger partial charge in [-0.25, -0.2) is 0 Å². The molecule has 1 aliphatic heterocycles. The van der Waals surface area contributed by atoms with Crippen LogP contribution in [0.25, 0.3) is 0 Å². The van der Waals surface area contributed by atoms with Crippen LogP contribution in [0.4, 0.5) is 0 Å². The molecule has 1 N–H and O–H groups in total. The molecule has 2 unspecified atom stereocenters.